The van der Waals surface area contributed by atoms with Crippen LogP contribution in [-0.4, -0.2) is 48.2 Å². The predicted molar refractivity (Wildman–Crippen MR) is 117 cm³/mol. The Balaban J connectivity index is 1.33. The van der Waals surface area contributed by atoms with Crippen molar-refractivity contribution in [3.8, 4) is 0 Å². The number of hydrogen-bond acceptors (Lipinski definition) is 5. The van der Waals surface area contributed by atoms with Gasteiger partial charge in [-0.1, -0.05) is 11.6 Å². The number of hydrogen-bond donors (Lipinski definition) is 2. The number of carbonyl (C=O) groups excluding carboxylic acids is 1. The van der Waals surface area contributed by atoms with Crippen LogP contribution in [0.3, 0.4) is 0 Å². The number of urea groups is 1. The zero-order chi connectivity index (χ0) is 20.1. The molecule has 2 aliphatic rings. The Hall–Kier alpha value is -2.54. The predicted octanol–water partition coefficient (Wildman–Crippen LogP) is 3.91. The molecule has 2 aliphatic heterocycles. The smallest absolute Gasteiger partial charge is 0.319 e. The first-order chi connectivity index (χ1) is 14.2. The van der Waals surface area contributed by atoms with E-state index >= 15 is 0 Å². The molecule has 2 aromatic rings. The van der Waals surface area contributed by atoms with Gasteiger partial charge in [-0.25, -0.2) is 14.8 Å². The summed E-state index contributed by atoms with van der Waals surface area (Å²) in [5.74, 6) is 0.708. The van der Waals surface area contributed by atoms with Crippen LogP contribution in [0.2, 0.25) is 5.02 Å². The molecule has 2 saturated heterocycles. The highest BCUT2D eigenvalue weighted by atomic mass is 35.5. The summed E-state index contributed by atoms with van der Waals surface area (Å²) in [5, 5.41) is 6.65. The minimum Gasteiger partial charge on any atom is -0.370 e. The van der Waals surface area contributed by atoms with E-state index < -0.39 is 0 Å². The summed E-state index contributed by atoms with van der Waals surface area (Å²) < 4.78 is 0. The molecule has 1 atom stereocenters. The molecule has 4 rings (SSSR count). The van der Waals surface area contributed by atoms with Crippen molar-refractivity contribution >= 4 is 35.0 Å². The molecule has 29 heavy (non-hydrogen) atoms. The van der Waals surface area contributed by atoms with Gasteiger partial charge in [-0.15, -0.1) is 0 Å². The van der Waals surface area contributed by atoms with Gasteiger partial charge in [-0.2, -0.15) is 0 Å². The molecule has 8 heteroatoms. The van der Waals surface area contributed by atoms with E-state index in [4.69, 9.17) is 11.6 Å². The minimum absolute atomic E-state index is 0.0515. The van der Waals surface area contributed by atoms with Gasteiger partial charge in [0.2, 0.25) is 5.95 Å². The van der Waals surface area contributed by atoms with E-state index in [1.807, 2.05) is 18.2 Å². The molecule has 1 aromatic heterocycles. The molecule has 2 N–H and O–H groups in total. The molecule has 0 aliphatic carbocycles. The molecule has 7 nitrogen and oxygen atoms in total. The van der Waals surface area contributed by atoms with Gasteiger partial charge in [-0.05, 0) is 56.4 Å². The van der Waals surface area contributed by atoms with E-state index in [0.29, 0.717) is 23.2 Å². The summed E-state index contributed by atoms with van der Waals surface area (Å²) in [6.07, 6.45) is 9.08. The Bertz CT molecular complexity index is 827. The summed E-state index contributed by atoms with van der Waals surface area (Å²) in [4.78, 5) is 25.5. The number of amides is 2. The van der Waals surface area contributed by atoms with E-state index in [1.165, 1.54) is 19.3 Å². The lowest BCUT2D eigenvalue weighted by Gasteiger charge is -2.33. The average molecular weight is 415 g/mol. The summed E-state index contributed by atoms with van der Waals surface area (Å²) in [6, 6.07) is 7.39. The average Bonchev–Trinajstić information content (AvgIpc) is 2.75. The van der Waals surface area contributed by atoms with Gasteiger partial charge in [0, 0.05) is 50.3 Å². The third-order valence-corrected chi connectivity index (χ3v) is 5.80. The number of halogens is 1. The molecule has 0 bridgehead atoms. The Labute approximate surface area is 176 Å². The van der Waals surface area contributed by atoms with E-state index in [9.17, 15) is 4.79 Å². The maximum atomic E-state index is 12.5. The SMILES string of the molecule is O=C(Nc1ccc(N2CCCCC2)c(Cl)c1)NC1CCCN(c2ncccn2)C1. The summed E-state index contributed by atoms with van der Waals surface area (Å²) in [6.45, 7) is 3.68. The third kappa shape index (κ3) is 5.09. The van der Waals surface area contributed by atoms with Gasteiger partial charge >= 0.3 is 6.03 Å². The first kappa shape index (κ1) is 19.8. The molecular formula is C21H27ClN6O. The second kappa shape index (κ2) is 9.31. The number of rotatable bonds is 4. The summed E-state index contributed by atoms with van der Waals surface area (Å²) >= 11 is 6.49. The largest absolute Gasteiger partial charge is 0.370 e. The monoisotopic (exact) mass is 414 g/mol. The topological polar surface area (TPSA) is 73.4 Å². The van der Waals surface area contributed by atoms with Crippen LogP contribution in [0.25, 0.3) is 0 Å². The van der Waals surface area contributed by atoms with Crippen molar-refractivity contribution < 1.29 is 4.79 Å². The Kier molecular flexibility index (Phi) is 6.34. The summed E-state index contributed by atoms with van der Waals surface area (Å²) in [5.41, 5.74) is 1.75. The fourth-order valence-electron chi connectivity index (χ4n) is 4.06. The molecule has 0 spiro atoms. The van der Waals surface area contributed by atoms with E-state index in [0.717, 1.165) is 38.2 Å². The van der Waals surface area contributed by atoms with Crippen molar-refractivity contribution in [2.45, 2.75) is 38.1 Å². The van der Waals surface area contributed by atoms with Crippen LogP contribution in [-0.2, 0) is 0 Å². The molecule has 2 amide bonds. The normalized spacial score (nSPS) is 19.7. The Morgan fingerprint density at radius 2 is 1.79 bits per heavy atom. The Morgan fingerprint density at radius 1 is 1.03 bits per heavy atom. The summed E-state index contributed by atoms with van der Waals surface area (Å²) in [7, 11) is 0. The molecule has 2 fully saturated rings. The van der Waals surface area contributed by atoms with Crippen molar-refractivity contribution in [1.29, 1.82) is 0 Å². The van der Waals surface area contributed by atoms with Crippen LogP contribution in [0.5, 0.6) is 0 Å². The van der Waals surface area contributed by atoms with E-state index in [1.54, 1.807) is 18.5 Å². The van der Waals surface area contributed by atoms with Crippen molar-refractivity contribution in [2.24, 2.45) is 0 Å². The maximum Gasteiger partial charge on any atom is 0.319 e. The van der Waals surface area contributed by atoms with Crippen molar-refractivity contribution in [1.82, 2.24) is 15.3 Å². The molecule has 1 unspecified atom stereocenters. The first-order valence-electron chi connectivity index (χ1n) is 10.3. The van der Waals surface area contributed by atoms with Gasteiger partial charge in [0.25, 0.3) is 0 Å². The number of aromatic nitrogens is 2. The van der Waals surface area contributed by atoms with Crippen molar-refractivity contribution in [3.05, 3.63) is 41.7 Å². The molecule has 0 radical (unpaired) electrons. The minimum atomic E-state index is -0.215. The van der Waals surface area contributed by atoms with Crippen LogP contribution in [0.1, 0.15) is 32.1 Å². The fraction of sp³-hybridized carbons (Fsp3) is 0.476. The lowest BCUT2D eigenvalue weighted by atomic mass is 10.1. The molecule has 3 heterocycles. The number of benzene rings is 1. The second-order valence-electron chi connectivity index (χ2n) is 7.65. The van der Waals surface area contributed by atoms with Crippen LogP contribution in [0.4, 0.5) is 22.1 Å². The zero-order valence-corrected chi connectivity index (χ0v) is 17.2. The van der Waals surface area contributed by atoms with Gasteiger partial charge in [0.1, 0.15) is 0 Å². The van der Waals surface area contributed by atoms with Crippen LogP contribution in [0.15, 0.2) is 36.7 Å². The number of anilines is 3. The highest BCUT2D eigenvalue weighted by Gasteiger charge is 2.23. The van der Waals surface area contributed by atoms with E-state index in [2.05, 4.69) is 30.4 Å². The third-order valence-electron chi connectivity index (χ3n) is 5.49. The zero-order valence-electron chi connectivity index (χ0n) is 16.5. The second-order valence-corrected chi connectivity index (χ2v) is 8.05. The highest BCUT2D eigenvalue weighted by Crippen LogP contribution is 2.30. The van der Waals surface area contributed by atoms with Gasteiger partial charge in [-0.3, -0.25) is 0 Å². The number of nitrogens with zero attached hydrogens (tertiary/aromatic N) is 4. The first-order valence-corrected chi connectivity index (χ1v) is 10.7. The lowest BCUT2D eigenvalue weighted by molar-refractivity contribution is 0.246. The number of piperidine rings is 2. The number of nitrogens with one attached hydrogen (secondary N) is 2. The maximum absolute atomic E-state index is 12.5. The standard InChI is InChI=1S/C21H27ClN6O/c22-18-14-16(7-8-19(18)27-11-2-1-3-12-27)25-21(29)26-17-6-4-13-28(15-17)20-23-9-5-10-24-20/h5,7-10,14,17H,1-4,6,11-13,15H2,(H2,25,26,29). The van der Waals surface area contributed by atoms with Crippen molar-refractivity contribution in [2.75, 3.05) is 41.3 Å². The lowest BCUT2D eigenvalue weighted by Crippen LogP contribution is -2.49. The van der Waals surface area contributed by atoms with Crippen LogP contribution in [0, 0.1) is 0 Å². The van der Waals surface area contributed by atoms with Crippen molar-refractivity contribution in [3.63, 3.8) is 0 Å². The van der Waals surface area contributed by atoms with Crippen LogP contribution < -0.4 is 20.4 Å². The van der Waals surface area contributed by atoms with Gasteiger partial charge in [0.05, 0.1) is 10.7 Å². The molecule has 1 aromatic carbocycles. The van der Waals surface area contributed by atoms with Crippen LogP contribution >= 0.6 is 11.6 Å². The molecule has 154 valence electrons. The number of carbonyl (C=O) groups is 1. The molecular weight excluding hydrogens is 388 g/mol. The molecule has 0 saturated carbocycles. The van der Waals surface area contributed by atoms with Gasteiger partial charge < -0.3 is 20.4 Å². The van der Waals surface area contributed by atoms with E-state index in [-0.39, 0.29) is 12.1 Å². The quantitative estimate of drug-likeness (QED) is 0.793. The fourth-order valence-corrected chi connectivity index (χ4v) is 4.36. The Morgan fingerprint density at radius 3 is 2.55 bits per heavy atom. The highest BCUT2D eigenvalue weighted by molar-refractivity contribution is 6.33. The van der Waals surface area contributed by atoms with Gasteiger partial charge in [0.15, 0.2) is 0 Å².